The number of nitrogens with one attached hydrogen (secondary N) is 1. The fraction of sp³-hybridized carbons (Fsp3) is 0.183. The third-order valence-corrected chi connectivity index (χ3v) is 22.3. The molecule has 7 N–H and O–H groups in total. The maximum Gasteiger partial charge on any atom is 1.00 e. The zero-order valence-corrected chi connectivity index (χ0v) is 116. The standard InChI is InChI=1S/C35H36N2O5S2.C31H28N2O5S.C29H24N2O5S.9CH3.9K/c1-3-43-19-17-37(18-20-44-4-2)30-12-8-7-11-29(30)36-22-28-31(39)16-15-27-33(24-9-5-6-10-25(24)35(40)41)26-14-13-23(38)21-32(26)42-34(27)28;1-31(2,39)18-33(16-19-7-5-6-14-32-19)17-25-26(35)13-12-24-28(21-8-3-4-9-22(21)30(36)37)23-11-10-20(34)15-27(23)38-29(24)25;32-19-8-9-22-26(15-19)36-28-23(27(22)20-6-1-2-7-21(20)29(34)35)10-11-25(33)24(28)17-31(13-14-37)16-18-5-3-4-12-30-18;;;;;;;;;;;;;;;;;;/h5-16,21,36,39H,3-4,17-20,22H2,1-2H3,(H,40,41);3-15,35,39H,16-18H2,1-2H3,(H,36,37);1-12,15,33,37H,13-14,16-17H2,(H,34,35);9*1H3;;;;;;;;;/q;;;9*-1;9*+1. The van der Waals surface area contributed by atoms with Crippen LogP contribution in [0.2, 0.25) is 0 Å². The first-order valence-corrected chi connectivity index (χ1v) is 42.3. The van der Waals surface area contributed by atoms with E-state index in [1.807, 2.05) is 92.0 Å². The van der Waals surface area contributed by atoms with Crippen LogP contribution in [-0.2, 0) is 32.7 Å². The van der Waals surface area contributed by atoms with E-state index in [1.54, 1.807) is 140 Å². The number of phenolic OH excluding ortho intramolecular Hbond substituents is 3. The molecule has 0 radical (unpaired) electrons. The number of aromatic nitrogens is 2. The van der Waals surface area contributed by atoms with E-state index in [4.69, 9.17) is 25.9 Å². The Morgan fingerprint density at radius 2 is 0.725 bits per heavy atom. The van der Waals surface area contributed by atoms with Crippen molar-refractivity contribution in [3.8, 4) is 84.6 Å². The van der Waals surface area contributed by atoms with Gasteiger partial charge in [0, 0.05) is 161 Å². The van der Waals surface area contributed by atoms with Gasteiger partial charge in [0.05, 0.1) is 56.1 Å². The molecule has 684 valence electrons. The normalized spacial score (nSPS) is 10.0. The molecule has 2 aromatic heterocycles. The smallest absolute Gasteiger partial charge is 0.507 e. The minimum atomic E-state index is -1.07. The van der Waals surface area contributed by atoms with Crippen LogP contribution in [0.3, 0.4) is 0 Å². The fourth-order valence-corrected chi connectivity index (χ4v) is 16.7. The number of anilines is 2. The Labute approximate surface area is 1220 Å². The molecule has 0 saturated heterocycles. The van der Waals surface area contributed by atoms with Gasteiger partial charge in [-0.1, -0.05) is 92.7 Å². The number of rotatable bonds is 30. The average Bonchev–Trinajstić information content (AvgIpc) is 0.753. The summed E-state index contributed by atoms with van der Waals surface area (Å²) in [6.45, 7) is 13.3. The van der Waals surface area contributed by atoms with Gasteiger partial charge in [0.1, 0.15) is 51.3 Å². The summed E-state index contributed by atoms with van der Waals surface area (Å²) in [6, 6.07) is 63.3. The maximum atomic E-state index is 12.4. The molecule has 0 saturated carbocycles. The van der Waals surface area contributed by atoms with Gasteiger partial charge in [-0.25, -0.2) is 14.4 Å². The molecule has 7 aromatic carbocycles. The fourth-order valence-electron chi connectivity index (χ4n) is 15.0. The van der Waals surface area contributed by atoms with Crippen molar-refractivity contribution >= 4 is 111 Å². The van der Waals surface area contributed by atoms with Crippen LogP contribution >= 0.6 is 48.8 Å². The summed E-state index contributed by atoms with van der Waals surface area (Å²) in [6.07, 6.45) is 3.47. The zero-order valence-electron chi connectivity index (χ0n) is 84.2. The van der Waals surface area contributed by atoms with E-state index in [9.17, 15) is 59.4 Å². The Hall–Kier alpha value is 2.37. The van der Waals surface area contributed by atoms with Gasteiger partial charge in [-0.2, -0.15) is 48.8 Å². The van der Waals surface area contributed by atoms with Crippen LogP contribution in [0.1, 0.15) is 86.8 Å². The molecule has 0 amide bonds. The number of carbonyl (C=O) groups is 3. The van der Waals surface area contributed by atoms with Crippen LogP contribution in [0.5, 0.6) is 17.2 Å². The number of aromatic carboxylic acids is 3. The van der Waals surface area contributed by atoms with E-state index >= 15 is 0 Å². The Bertz CT molecular complexity index is 6340. The van der Waals surface area contributed by atoms with E-state index in [0.717, 1.165) is 58.9 Å². The summed E-state index contributed by atoms with van der Waals surface area (Å²) in [7, 11) is 0. The van der Waals surface area contributed by atoms with E-state index in [-0.39, 0.29) is 591 Å². The van der Waals surface area contributed by atoms with Gasteiger partial charge in [0.2, 0.25) is 0 Å². The number of fused-ring (bicyclic) bond motifs is 6. The first-order valence-electron chi connectivity index (χ1n) is 38.9. The minimum absolute atomic E-state index is 0. The first-order chi connectivity index (χ1) is 58.0. The summed E-state index contributed by atoms with van der Waals surface area (Å²) >= 11 is 13.0. The SMILES string of the molecule is CC(C)(S)CN(Cc1ccccn1)Cc1c(O)ccc2c(-c3ccccc3C(=O)O)c3ccc(=O)cc-3oc12.CCSCCN(CCSCC)c1ccccc1NCc1c(O)ccc2c(-c3ccccc3C(=O)O)c3ccc(=O)cc-3oc12.O=C(O)c1ccccc1-c1c2ccc(=O)cc-2oc2c(CN(CCS)Cc3ccccn3)c(O)ccc12.[CH3-].[CH3-].[CH3-].[CH3-].[CH3-].[CH3-].[CH3-].[CH3-].[CH3-].[K+].[K+].[K+].[K+].[K+].[K+].[K+].[K+].[K+]. The van der Waals surface area contributed by atoms with Gasteiger partial charge in [0.25, 0.3) is 0 Å². The summed E-state index contributed by atoms with van der Waals surface area (Å²) in [5.74, 6) is 2.66. The quantitative estimate of drug-likeness (QED) is 0.00690. The topological polar surface area (TPSA) is 311 Å². The molecule has 21 nitrogen and oxygen atoms in total. The largest absolute Gasteiger partial charge is 1.00 e. The molecular formula is C104H115K9N6O15S4. The molecule has 0 unspecified atom stereocenters. The molecule has 15 rings (SSSR count). The van der Waals surface area contributed by atoms with Crippen molar-refractivity contribution in [3.63, 3.8) is 0 Å². The molecule has 9 aromatic rings. The number of hydrogen-bond acceptors (Lipinski definition) is 22. The van der Waals surface area contributed by atoms with Crippen molar-refractivity contribution in [2.45, 2.75) is 65.2 Å². The molecule has 6 aliphatic rings. The van der Waals surface area contributed by atoms with Crippen LogP contribution in [-0.4, -0.2) is 128 Å². The molecule has 0 fully saturated rings. The van der Waals surface area contributed by atoms with Gasteiger partial charge >= 0.3 is 480 Å². The summed E-state index contributed by atoms with van der Waals surface area (Å²) in [4.78, 5) is 88.9. The molecule has 0 bridgehead atoms. The minimum Gasteiger partial charge on any atom is -0.507 e. The third-order valence-electron chi connectivity index (χ3n) is 20.2. The Balaban J connectivity index is -0.000000446. The average molecular weight is 2170 g/mol. The van der Waals surface area contributed by atoms with E-state index in [2.05, 4.69) is 62.5 Å². The Morgan fingerprint density at radius 1 is 0.399 bits per heavy atom. The van der Waals surface area contributed by atoms with Crippen LogP contribution < -0.4 is 489 Å². The molecule has 3 aliphatic carbocycles. The monoisotopic (exact) mass is 2170 g/mol. The van der Waals surface area contributed by atoms with Crippen molar-refractivity contribution in [1.82, 2.24) is 19.8 Å². The number of thiol groups is 2. The number of aromatic hydroxyl groups is 3. The number of pyridine rings is 2. The molecule has 3 aliphatic heterocycles. The molecule has 0 spiro atoms. The van der Waals surface area contributed by atoms with Gasteiger partial charge in [0.15, 0.2) is 16.3 Å². The number of carboxylic acid groups (broad SMARTS) is 3. The zero-order chi connectivity index (χ0) is 84.7. The summed E-state index contributed by atoms with van der Waals surface area (Å²) in [5.41, 5.74) is 11.4. The van der Waals surface area contributed by atoms with Crippen molar-refractivity contribution in [2.75, 3.05) is 65.2 Å². The van der Waals surface area contributed by atoms with Gasteiger partial charge in [-0.15, -0.1) is 0 Å². The molecule has 0 atom stereocenters. The third kappa shape index (κ3) is 40.0. The predicted octanol–water partition coefficient (Wildman–Crippen LogP) is -3.65. The molecule has 5 heterocycles. The van der Waals surface area contributed by atoms with E-state index < -0.39 is 17.9 Å². The number of carboxylic acids is 3. The van der Waals surface area contributed by atoms with Crippen LogP contribution in [0.25, 0.3) is 100 Å². The van der Waals surface area contributed by atoms with Crippen molar-refractivity contribution in [1.29, 1.82) is 0 Å². The van der Waals surface area contributed by atoms with Gasteiger partial charge in [-0.05, 0) is 169 Å². The number of hydrogen-bond donors (Lipinski definition) is 9. The second-order valence-electron chi connectivity index (χ2n) is 29.1. The van der Waals surface area contributed by atoms with Gasteiger partial charge < -0.3 is 121 Å². The number of thioether (sulfide) groups is 2. The summed E-state index contributed by atoms with van der Waals surface area (Å²) in [5, 5.41) is 68.4. The molecule has 34 heteroatoms. The van der Waals surface area contributed by atoms with Crippen molar-refractivity contribution < 1.29 is 521 Å². The predicted molar refractivity (Wildman–Crippen MR) is 543 cm³/mol. The summed E-state index contributed by atoms with van der Waals surface area (Å²) < 4.78 is 18.6. The van der Waals surface area contributed by atoms with Crippen molar-refractivity contribution in [2.24, 2.45) is 0 Å². The maximum absolute atomic E-state index is 12.4. The number of benzene rings is 10. The molecule has 138 heavy (non-hydrogen) atoms. The second-order valence-corrected chi connectivity index (χ2v) is 33.5. The van der Waals surface area contributed by atoms with Crippen LogP contribution in [0, 0.1) is 66.8 Å². The van der Waals surface area contributed by atoms with Gasteiger partial charge in [-0.3, -0.25) is 34.2 Å². The molecular weight excluding hydrogens is 2050 g/mol. The van der Waals surface area contributed by atoms with E-state index in [1.165, 1.54) is 36.4 Å². The number of nitrogens with zero attached hydrogens (tertiary/aromatic N) is 5. The number of para-hydroxylation sites is 2. The Kier molecular flexibility index (Phi) is 81.4. The number of phenols is 3. The van der Waals surface area contributed by atoms with Crippen LogP contribution in [0.15, 0.2) is 264 Å². The Morgan fingerprint density at radius 3 is 1.07 bits per heavy atom. The van der Waals surface area contributed by atoms with E-state index in [0.29, 0.717) is 162 Å². The van der Waals surface area contributed by atoms with Crippen molar-refractivity contribution in [3.05, 3.63) is 379 Å². The van der Waals surface area contributed by atoms with Crippen LogP contribution in [0.4, 0.5) is 11.4 Å². The second kappa shape index (κ2) is 74.4. The first kappa shape index (κ1) is 151.